The third-order valence-electron chi connectivity index (χ3n) is 4.76. The summed E-state index contributed by atoms with van der Waals surface area (Å²) in [6.45, 7) is 5.62. The third kappa shape index (κ3) is 5.82. The van der Waals surface area contributed by atoms with Gasteiger partial charge in [0.05, 0.1) is 4.90 Å². The summed E-state index contributed by atoms with van der Waals surface area (Å²) in [5.41, 5.74) is 0.991. The number of benzene rings is 1. The highest BCUT2D eigenvalue weighted by atomic mass is 32.2. The summed E-state index contributed by atoms with van der Waals surface area (Å²) in [7, 11) is -3.73. The lowest BCUT2D eigenvalue weighted by atomic mass is 10.0. The van der Waals surface area contributed by atoms with Gasteiger partial charge in [0, 0.05) is 6.04 Å². The van der Waals surface area contributed by atoms with Crippen LogP contribution in [0.5, 0.6) is 0 Å². The Labute approximate surface area is 151 Å². The molecule has 140 valence electrons. The molecule has 25 heavy (non-hydrogen) atoms. The summed E-state index contributed by atoms with van der Waals surface area (Å²) in [4.78, 5) is 12.9. The van der Waals surface area contributed by atoms with Crippen LogP contribution < -0.4 is 10.0 Å². The van der Waals surface area contributed by atoms with Crippen LogP contribution in [-0.4, -0.2) is 26.4 Å². The van der Waals surface area contributed by atoms with Gasteiger partial charge in [0.25, 0.3) is 0 Å². The Morgan fingerprint density at radius 1 is 1.04 bits per heavy atom. The fourth-order valence-electron chi connectivity index (χ4n) is 3.16. The second-order valence-electron chi connectivity index (χ2n) is 7.35. The zero-order valence-corrected chi connectivity index (χ0v) is 16.2. The van der Waals surface area contributed by atoms with Crippen LogP contribution in [0.3, 0.4) is 0 Å². The number of hydrogen-bond donors (Lipinski definition) is 2. The average Bonchev–Trinajstić information content (AvgIpc) is 2.81. The van der Waals surface area contributed by atoms with Crippen molar-refractivity contribution in [3.63, 3.8) is 0 Å². The molecule has 0 radical (unpaired) electrons. The van der Waals surface area contributed by atoms with E-state index in [0.717, 1.165) is 31.2 Å². The van der Waals surface area contributed by atoms with Crippen molar-refractivity contribution in [3.05, 3.63) is 29.8 Å². The molecule has 0 heterocycles. The van der Waals surface area contributed by atoms with Gasteiger partial charge in [0.2, 0.25) is 15.9 Å². The SMILES string of the molecule is Cc1ccc(S(=O)(=O)NC(C(=O)NC2CCCCCC2)C(C)C)cc1. The van der Waals surface area contributed by atoms with Crippen molar-refractivity contribution in [1.82, 2.24) is 10.0 Å². The minimum Gasteiger partial charge on any atom is -0.352 e. The molecule has 0 spiro atoms. The van der Waals surface area contributed by atoms with Gasteiger partial charge < -0.3 is 5.32 Å². The number of sulfonamides is 1. The van der Waals surface area contributed by atoms with Gasteiger partial charge in [-0.25, -0.2) is 8.42 Å². The van der Waals surface area contributed by atoms with Crippen molar-refractivity contribution in [2.24, 2.45) is 5.92 Å². The molecule has 1 saturated carbocycles. The summed E-state index contributed by atoms with van der Waals surface area (Å²) >= 11 is 0. The highest BCUT2D eigenvalue weighted by molar-refractivity contribution is 7.89. The van der Waals surface area contributed by atoms with E-state index in [2.05, 4.69) is 10.0 Å². The van der Waals surface area contributed by atoms with Gasteiger partial charge in [-0.1, -0.05) is 57.2 Å². The molecular weight excluding hydrogens is 336 g/mol. The predicted molar refractivity (Wildman–Crippen MR) is 99.8 cm³/mol. The minimum atomic E-state index is -3.73. The van der Waals surface area contributed by atoms with Gasteiger partial charge in [-0.15, -0.1) is 0 Å². The van der Waals surface area contributed by atoms with Gasteiger partial charge >= 0.3 is 0 Å². The number of rotatable bonds is 6. The van der Waals surface area contributed by atoms with E-state index in [0.29, 0.717) is 0 Å². The van der Waals surface area contributed by atoms with Gasteiger partial charge in [-0.2, -0.15) is 4.72 Å². The van der Waals surface area contributed by atoms with Crippen molar-refractivity contribution in [3.8, 4) is 0 Å². The molecule has 1 atom stereocenters. The van der Waals surface area contributed by atoms with E-state index in [1.165, 1.54) is 12.8 Å². The number of amides is 1. The lowest BCUT2D eigenvalue weighted by Gasteiger charge is -2.25. The van der Waals surface area contributed by atoms with Gasteiger partial charge in [0.1, 0.15) is 6.04 Å². The molecule has 1 aromatic rings. The number of carbonyl (C=O) groups is 1. The molecular formula is C19H30N2O3S. The van der Waals surface area contributed by atoms with Crippen LogP contribution in [0.2, 0.25) is 0 Å². The Hall–Kier alpha value is -1.40. The average molecular weight is 367 g/mol. The normalized spacial score (nSPS) is 17.9. The molecule has 0 saturated heterocycles. The summed E-state index contributed by atoms with van der Waals surface area (Å²) in [6, 6.07) is 6.03. The van der Waals surface area contributed by atoms with Crippen LogP contribution in [0.1, 0.15) is 57.9 Å². The smallest absolute Gasteiger partial charge is 0.241 e. The summed E-state index contributed by atoms with van der Waals surface area (Å²) < 4.78 is 27.8. The highest BCUT2D eigenvalue weighted by Gasteiger charge is 2.29. The zero-order valence-electron chi connectivity index (χ0n) is 15.4. The maximum atomic E-state index is 12.7. The molecule has 1 unspecified atom stereocenters. The van der Waals surface area contributed by atoms with E-state index < -0.39 is 16.1 Å². The van der Waals surface area contributed by atoms with E-state index in [1.807, 2.05) is 20.8 Å². The first-order valence-corrected chi connectivity index (χ1v) is 10.7. The standard InChI is InChI=1S/C19H30N2O3S/c1-14(2)18(19(22)20-16-8-6-4-5-7-9-16)21-25(23,24)17-12-10-15(3)11-13-17/h10-14,16,18,21H,4-9H2,1-3H3,(H,20,22). The predicted octanol–water partition coefficient (Wildman–Crippen LogP) is 3.14. The molecule has 2 N–H and O–H groups in total. The van der Waals surface area contributed by atoms with Crippen LogP contribution in [-0.2, 0) is 14.8 Å². The summed E-state index contributed by atoms with van der Waals surface area (Å²) in [6.07, 6.45) is 6.60. The van der Waals surface area contributed by atoms with Crippen LogP contribution in [0.15, 0.2) is 29.2 Å². The van der Waals surface area contributed by atoms with E-state index in [9.17, 15) is 13.2 Å². The van der Waals surface area contributed by atoms with E-state index in [-0.39, 0.29) is 22.8 Å². The lowest BCUT2D eigenvalue weighted by molar-refractivity contribution is -0.124. The first kappa shape index (κ1) is 19.9. The fraction of sp³-hybridized carbons (Fsp3) is 0.632. The lowest BCUT2D eigenvalue weighted by Crippen LogP contribution is -2.51. The van der Waals surface area contributed by atoms with Crippen LogP contribution in [0.25, 0.3) is 0 Å². The summed E-state index contributed by atoms with van der Waals surface area (Å²) in [5, 5.41) is 3.06. The molecule has 1 amide bonds. The topological polar surface area (TPSA) is 75.3 Å². The molecule has 0 aliphatic heterocycles. The van der Waals surface area contributed by atoms with Crippen LogP contribution in [0.4, 0.5) is 0 Å². The van der Waals surface area contributed by atoms with Crippen molar-refractivity contribution in [2.45, 2.75) is 76.3 Å². The van der Waals surface area contributed by atoms with Crippen LogP contribution in [0, 0.1) is 12.8 Å². The van der Waals surface area contributed by atoms with E-state index in [4.69, 9.17) is 0 Å². The molecule has 1 aliphatic rings. The first-order valence-electron chi connectivity index (χ1n) is 9.19. The van der Waals surface area contributed by atoms with Gasteiger partial charge in [-0.3, -0.25) is 4.79 Å². The Morgan fingerprint density at radius 3 is 2.12 bits per heavy atom. The van der Waals surface area contributed by atoms with Crippen molar-refractivity contribution < 1.29 is 13.2 Å². The third-order valence-corrected chi connectivity index (χ3v) is 6.22. The second-order valence-corrected chi connectivity index (χ2v) is 9.07. The molecule has 0 bridgehead atoms. The first-order chi connectivity index (χ1) is 11.8. The van der Waals surface area contributed by atoms with Gasteiger partial charge in [0.15, 0.2) is 0 Å². The number of aryl methyl sites for hydroxylation is 1. The number of hydrogen-bond acceptors (Lipinski definition) is 3. The Balaban J connectivity index is 2.08. The maximum Gasteiger partial charge on any atom is 0.241 e. The zero-order chi connectivity index (χ0) is 18.4. The molecule has 6 heteroatoms. The molecule has 1 aliphatic carbocycles. The Morgan fingerprint density at radius 2 is 1.60 bits per heavy atom. The van der Waals surface area contributed by atoms with Crippen molar-refractivity contribution >= 4 is 15.9 Å². The molecule has 0 aromatic heterocycles. The molecule has 1 aromatic carbocycles. The minimum absolute atomic E-state index is 0.133. The monoisotopic (exact) mass is 366 g/mol. The van der Waals surface area contributed by atoms with Crippen LogP contribution >= 0.6 is 0 Å². The Bertz CT molecular complexity index is 660. The molecule has 2 rings (SSSR count). The molecule has 5 nitrogen and oxygen atoms in total. The van der Waals surface area contributed by atoms with E-state index in [1.54, 1.807) is 24.3 Å². The summed E-state index contributed by atoms with van der Waals surface area (Å²) in [5.74, 6) is -0.358. The second kappa shape index (κ2) is 8.81. The quantitative estimate of drug-likeness (QED) is 0.760. The van der Waals surface area contributed by atoms with E-state index >= 15 is 0 Å². The Kier molecular flexibility index (Phi) is 7.02. The number of nitrogens with one attached hydrogen (secondary N) is 2. The largest absolute Gasteiger partial charge is 0.352 e. The fourth-order valence-corrected chi connectivity index (χ4v) is 4.50. The van der Waals surface area contributed by atoms with Crippen molar-refractivity contribution in [1.29, 1.82) is 0 Å². The highest BCUT2D eigenvalue weighted by Crippen LogP contribution is 2.18. The number of carbonyl (C=O) groups excluding carboxylic acids is 1. The van der Waals surface area contributed by atoms with Gasteiger partial charge in [-0.05, 0) is 37.8 Å². The van der Waals surface area contributed by atoms with Crippen molar-refractivity contribution in [2.75, 3.05) is 0 Å². The maximum absolute atomic E-state index is 12.7. The molecule has 1 fully saturated rings.